The van der Waals surface area contributed by atoms with Gasteiger partial charge in [-0.25, -0.2) is 9.78 Å². The van der Waals surface area contributed by atoms with Gasteiger partial charge in [0, 0.05) is 41.8 Å². The van der Waals surface area contributed by atoms with Crippen molar-refractivity contribution in [2.45, 2.75) is 103 Å². The van der Waals surface area contributed by atoms with Crippen LogP contribution in [0.2, 0.25) is 0 Å². The molecule has 0 aliphatic heterocycles. The maximum Gasteiger partial charge on any atom is 0.326 e. The van der Waals surface area contributed by atoms with E-state index in [1.807, 2.05) is 38.1 Å². The van der Waals surface area contributed by atoms with E-state index in [4.69, 9.17) is 5.73 Å². The van der Waals surface area contributed by atoms with Crippen LogP contribution in [-0.4, -0.2) is 91.8 Å². The zero-order valence-electron chi connectivity index (χ0n) is 29.9. The zero-order valence-corrected chi connectivity index (χ0v) is 29.9. The summed E-state index contributed by atoms with van der Waals surface area (Å²) >= 11 is 0. The highest BCUT2D eigenvalue weighted by Gasteiger charge is 2.35. The lowest BCUT2D eigenvalue weighted by Gasteiger charge is -2.30. The molecule has 16 nitrogen and oxygen atoms in total. The number of amides is 5. The molecule has 5 amide bonds. The Kier molecular flexibility index (Phi) is 14.7. The molecule has 278 valence electrons. The molecule has 3 aromatic rings. The van der Waals surface area contributed by atoms with Crippen LogP contribution in [-0.2, 0) is 41.6 Å². The molecule has 0 radical (unpaired) electrons. The number of aliphatic carboxylic acids is 1. The number of aromatic amines is 2. The number of nitrogens with zero attached hydrogens (tertiary/aromatic N) is 1. The molecule has 0 spiro atoms. The van der Waals surface area contributed by atoms with Gasteiger partial charge in [-0.1, -0.05) is 58.7 Å². The van der Waals surface area contributed by atoms with Gasteiger partial charge < -0.3 is 47.4 Å². The second-order valence-corrected chi connectivity index (χ2v) is 13.1. The van der Waals surface area contributed by atoms with E-state index in [1.54, 1.807) is 20.0 Å². The third-order valence-corrected chi connectivity index (χ3v) is 9.14. The SMILES string of the molecule is CCC(C)C(NC(=O)C(C)NC(=O)C(C)NC(=O)C(N)Cc1cnc[nH]1)C(=O)NC(C(=O)NC(Cc1c[nH]c2ccccc12)C(=O)O)C(C)CC. The number of hydrogen-bond donors (Lipinski definition) is 9. The molecule has 1 aromatic carbocycles. The van der Waals surface area contributed by atoms with Crippen LogP contribution < -0.4 is 32.3 Å². The van der Waals surface area contributed by atoms with E-state index in [2.05, 4.69) is 41.5 Å². The van der Waals surface area contributed by atoms with Crippen molar-refractivity contribution in [3.8, 4) is 0 Å². The van der Waals surface area contributed by atoms with E-state index < -0.39 is 71.8 Å². The minimum absolute atomic E-state index is 0.0156. The van der Waals surface area contributed by atoms with Crippen LogP contribution in [0.4, 0.5) is 0 Å². The van der Waals surface area contributed by atoms with E-state index in [0.29, 0.717) is 24.1 Å². The van der Waals surface area contributed by atoms with Gasteiger partial charge in [-0.15, -0.1) is 0 Å². The van der Waals surface area contributed by atoms with Crippen molar-refractivity contribution in [2.75, 3.05) is 0 Å². The summed E-state index contributed by atoms with van der Waals surface area (Å²) in [5, 5.41) is 23.9. The number of benzene rings is 1. The maximum absolute atomic E-state index is 13.7. The fourth-order valence-electron chi connectivity index (χ4n) is 5.42. The van der Waals surface area contributed by atoms with Crippen LogP contribution in [0, 0.1) is 11.8 Å². The lowest BCUT2D eigenvalue weighted by atomic mass is 9.94. The fourth-order valence-corrected chi connectivity index (χ4v) is 5.42. The molecular formula is C35H51N9O7. The largest absolute Gasteiger partial charge is 0.480 e. The Bertz CT molecular complexity index is 1660. The minimum atomic E-state index is -1.27. The van der Waals surface area contributed by atoms with Crippen LogP contribution >= 0.6 is 0 Å². The van der Waals surface area contributed by atoms with Crippen LogP contribution in [0.5, 0.6) is 0 Å². The number of nitrogens with one attached hydrogen (secondary N) is 7. The van der Waals surface area contributed by atoms with Gasteiger partial charge in [0.2, 0.25) is 29.5 Å². The molecule has 8 atom stereocenters. The summed E-state index contributed by atoms with van der Waals surface area (Å²) in [7, 11) is 0. The first kappa shape index (κ1) is 40.2. The predicted octanol–water partition coefficient (Wildman–Crippen LogP) is 0.644. The van der Waals surface area contributed by atoms with Gasteiger partial charge in [0.25, 0.3) is 0 Å². The number of imidazole rings is 1. The van der Waals surface area contributed by atoms with Crippen molar-refractivity contribution in [3.63, 3.8) is 0 Å². The Morgan fingerprint density at radius 1 is 0.745 bits per heavy atom. The molecule has 0 saturated heterocycles. The van der Waals surface area contributed by atoms with Gasteiger partial charge in [0.05, 0.1) is 12.4 Å². The third kappa shape index (κ3) is 11.1. The van der Waals surface area contributed by atoms with E-state index in [-0.39, 0.29) is 24.7 Å². The number of carbonyl (C=O) groups is 6. The van der Waals surface area contributed by atoms with Crippen molar-refractivity contribution < 1.29 is 33.9 Å². The topological polar surface area (TPSA) is 253 Å². The first-order chi connectivity index (χ1) is 24.2. The molecule has 0 bridgehead atoms. The van der Waals surface area contributed by atoms with Crippen molar-refractivity contribution in [3.05, 3.63) is 54.2 Å². The molecule has 0 saturated carbocycles. The predicted molar refractivity (Wildman–Crippen MR) is 190 cm³/mol. The average molecular weight is 710 g/mol. The number of para-hydroxylation sites is 1. The number of hydrogen-bond acceptors (Lipinski definition) is 8. The molecule has 0 aliphatic carbocycles. The molecule has 8 unspecified atom stereocenters. The molecule has 10 N–H and O–H groups in total. The van der Waals surface area contributed by atoms with Crippen molar-refractivity contribution in [1.29, 1.82) is 0 Å². The lowest BCUT2D eigenvalue weighted by Crippen LogP contribution is -2.60. The fraction of sp³-hybridized carbons (Fsp3) is 0.514. The summed E-state index contributed by atoms with van der Waals surface area (Å²) in [6, 6.07) is 0.922. The zero-order chi connectivity index (χ0) is 37.8. The van der Waals surface area contributed by atoms with Crippen molar-refractivity contribution in [2.24, 2.45) is 17.6 Å². The Labute approximate surface area is 296 Å². The molecule has 0 aliphatic rings. The number of fused-ring (bicyclic) bond motifs is 1. The Balaban J connectivity index is 1.64. The third-order valence-electron chi connectivity index (χ3n) is 9.14. The average Bonchev–Trinajstić information content (AvgIpc) is 3.78. The number of carbonyl (C=O) groups excluding carboxylic acids is 5. The smallest absolute Gasteiger partial charge is 0.326 e. The molecule has 51 heavy (non-hydrogen) atoms. The first-order valence-corrected chi connectivity index (χ1v) is 17.2. The highest BCUT2D eigenvalue weighted by atomic mass is 16.4. The second kappa shape index (κ2) is 18.7. The van der Waals surface area contributed by atoms with E-state index in [9.17, 15) is 33.9 Å². The number of carboxylic acids is 1. The number of carboxylic acid groups (broad SMARTS) is 1. The number of aromatic nitrogens is 3. The van der Waals surface area contributed by atoms with Gasteiger partial charge in [-0.2, -0.15) is 0 Å². The molecular weight excluding hydrogens is 658 g/mol. The van der Waals surface area contributed by atoms with E-state index in [1.165, 1.54) is 26.4 Å². The minimum Gasteiger partial charge on any atom is -0.480 e. The lowest BCUT2D eigenvalue weighted by molar-refractivity contribution is -0.142. The number of rotatable bonds is 19. The van der Waals surface area contributed by atoms with Crippen molar-refractivity contribution in [1.82, 2.24) is 41.5 Å². The quantitative estimate of drug-likeness (QED) is 0.0846. The maximum atomic E-state index is 13.7. The molecule has 0 fully saturated rings. The number of H-pyrrole nitrogens is 2. The summed E-state index contributed by atoms with van der Waals surface area (Å²) in [6.45, 7) is 10.1. The summed E-state index contributed by atoms with van der Waals surface area (Å²) in [4.78, 5) is 88.0. The van der Waals surface area contributed by atoms with E-state index in [0.717, 1.165) is 10.9 Å². The molecule has 2 aromatic heterocycles. The van der Waals surface area contributed by atoms with E-state index >= 15 is 0 Å². The first-order valence-electron chi connectivity index (χ1n) is 17.2. The van der Waals surface area contributed by atoms with Gasteiger partial charge in [-0.05, 0) is 37.3 Å². The summed E-state index contributed by atoms with van der Waals surface area (Å²) in [6.07, 6.45) is 5.89. The van der Waals surface area contributed by atoms with Crippen LogP contribution in [0.25, 0.3) is 10.9 Å². The summed E-state index contributed by atoms with van der Waals surface area (Å²) in [5.41, 5.74) is 8.15. The standard InChI is InChI=1S/C35H51N9O7/c1-7-18(3)28(33(48)42-27(35(50)51)13-22-15-38-26-12-10-9-11-24(22)26)44-34(49)29(19(4)8-2)43-31(46)21(6)40-30(45)20(5)41-32(47)25(36)14-23-16-37-17-39-23/h9-12,15-21,25,27-29,38H,7-8,13-14,36H2,1-6H3,(H,37,39)(H,40,45)(H,41,47)(H,42,48)(H,43,46)(H,44,49)(H,50,51). The Morgan fingerprint density at radius 3 is 1.86 bits per heavy atom. The van der Waals surface area contributed by atoms with Crippen LogP contribution in [0.3, 0.4) is 0 Å². The monoisotopic (exact) mass is 709 g/mol. The van der Waals surface area contributed by atoms with Crippen LogP contribution in [0.1, 0.15) is 65.6 Å². The normalized spacial score (nSPS) is 16.0. The van der Waals surface area contributed by atoms with Gasteiger partial charge >= 0.3 is 5.97 Å². The van der Waals surface area contributed by atoms with Crippen molar-refractivity contribution >= 4 is 46.4 Å². The number of nitrogens with two attached hydrogens (primary N) is 1. The summed E-state index contributed by atoms with van der Waals surface area (Å²) in [5.74, 6) is -5.15. The highest BCUT2D eigenvalue weighted by molar-refractivity contribution is 5.96. The van der Waals surface area contributed by atoms with Gasteiger partial charge in [0.15, 0.2) is 0 Å². The van der Waals surface area contributed by atoms with Gasteiger partial charge in [-0.3, -0.25) is 24.0 Å². The molecule has 2 heterocycles. The highest BCUT2D eigenvalue weighted by Crippen LogP contribution is 2.20. The van der Waals surface area contributed by atoms with Crippen LogP contribution in [0.15, 0.2) is 43.0 Å². The van der Waals surface area contributed by atoms with Gasteiger partial charge in [0.1, 0.15) is 30.2 Å². The molecule has 3 rings (SSSR count). The summed E-state index contributed by atoms with van der Waals surface area (Å²) < 4.78 is 0. The Morgan fingerprint density at radius 2 is 1.29 bits per heavy atom. The molecule has 16 heteroatoms. The second-order valence-electron chi connectivity index (χ2n) is 13.1. The Hall–Kier alpha value is -5.25.